The maximum atomic E-state index is 13.7. The van der Waals surface area contributed by atoms with Crippen LogP contribution in [0.4, 0.5) is 10.5 Å². The predicted octanol–water partition coefficient (Wildman–Crippen LogP) is 5.12. The first-order valence-electron chi connectivity index (χ1n) is 19.6. The molecule has 17 nitrogen and oxygen atoms in total. The van der Waals surface area contributed by atoms with Crippen LogP contribution < -0.4 is 15.4 Å². The van der Waals surface area contributed by atoms with Gasteiger partial charge in [0.1, 0.15) is 36.7 Å². The number of carbonyl (C=O) groups excluding carboxylic acids is 7. The number of alkyl carbamates (subject to hydrolysis) is 1. The maximum Gasteiger partial charge on any atom is 0.407 e. The summed E-state index contributed by atoms with van der Waals surface area (Å²) in [4.78, 5) is 87.8. The van der Waals surface area contributed by atoms with Crippen molar-refractivity contribution in [2.24, 2.45) is 0 Å². The zero-order chi connectivity index (χ0) is 44.4. The van der Waals surface area contributed by atoms with Crippen LogP contribution in [-0.4, -0.2) is 97.4 Å². The van der Waals surface area contributed by atoms with E-state index in [1.54, 1.807) is 20.8 Å². The van der Waals surface area contributed by atoms with E-state index in [1.807, 2.05) is 48.5 Å². The Kier molecular flexibility index (Phi) is 15.1. The van der Waals surface area contributed by atoms with E-state index in [9.17, 15) is 33.6 Å². The first kappa shape index (κ1) is 45.6. The number of fused-ring (bicyclic) bond motifs is 3. The zero-order valence-electron chi connectivity index (χ0n) is 34.9. The fourth-order valence-corrected chi connectivity index (χ4v) is 6.97. The normalized spacial score (nSPS) is 19.8. The number of nitrogens with one attached hydrogen (secondary N) is 2. The van der Waals surface area contributed by atoms with Gasteiger partial charge in [0.25, 0.3) is 0 Å². The highest BCUT2D eigenvalue weighted by molar-refractivity contribution is 5.97. The van der Waals surface area contributed by atoms with Crippen LogP contribution >= 0.6 is 0 Å². The van der Waals surface area contributed by atoms with Gasteiger partial charge >= 0.3 is 35.9 Å². The molecule has 0 aromatic heterocycles. The Morgan fingerprint density at radius 2 is 1.23 bits per heavy atom. The molecule has 2 N–H and O–H groups in total. The Morgan fingerprint density at radius 1 is 0.672 bits per heavy atom. The molecule has 17 heteroatoms. The van der Waals surface area contributed by atoms with Crippen molar-refractivity contribution < 1.29 is 71.5 Å². The number of esters is 5. The van der Waals surface area contributed by atoms with Gasteiger partial charge in [-0.15, -0.1) is 0 Å². The van der Waals surface area contributed by atoms with Crippen molar-refractivity contribution in [2.75, 3.05) is 18.5 Å². The molecule has 0 saturated carbocycles. The quantitative estimate of drug-likeness (QED) is 0.150. The molecule has 3 aromatic rings. The van der Waals surface area contributed by atoms with E-state index in [0.29, 0.717) is 0 Å². The summed E-state index contributed by atoms with van der Waals surface area (Å²) >= 11 is 0. The zero-order valence-corrected chi connectivity index (χ0v) is 34.9. The van der Waals surface area contributed by atoms with Crippen molar-refractivity contribution in [3.05, 3.63) is 83.9 Å². The number of carbonyl (C=O) groups is 7. The number of benzene rings is 3. The topological polar surface area (TPSA) is 217 Å². The minimum atomic E-state index is -1.49. The number of amides is 2. The van der Waals surface area contributed by atoms with Gasteiger partial charge in [0.05, 0.1) is 0 Å². The van der Waals surface area contributed by atoms with E-state index < -0.39 is 90.8 Å². The lowest BCUT2D eigenvalue weighted by atomic mass is 9.98. The molecule has 5 rings (SSSR count). The number of anilines is 1. The number of rotatable bonds is 15. The number of hydrogen-bond donors (Lipinski definition) is 2. The summed E-state index contributed by atoms with van der Waals surface area (Å²) in [6.07, 6.45) is -8.16. The molecule has 1 saturated heterocycles. The van der Waals surface area contributed by atoms with E-state index in [2.05, 4.69) is 10.6 Å². The van der Waals surface area contributed by atoms with Gasteiger partial charge in [-0.3, -0.25) is 28.8 Å². The van der Waals surface area contributed by atoms with Crippen molar-refractivity contribution in [2.45, 2.75) is 110 Å². The van der Waals surface area contributed by atoms with Gasteiger partial charge in [-0.2, -0.15) is 0 Å². The van der Waals surface area contributed by atoms with E-state index in [-0.39, 0.29) is 36.8 Å². The first-order valence-corrected chi connectivity index (χ1v) is 19.6. The van der Waals surface area contributed by atoms with Gasteiger partial charge in [0.2, 0.25) is 18.3 Å². The molecule has 2 amide bonds. The van der Waals surface area contributed by atoms with Gasteiger partial charge in [-0.05, 0) is 73.7 Å². The van der Waals surface area contributed by atoms with E-state index in [1.165, 1.54) is 24.3 Å². The smallest absolute Gasteiger partial charge is 0.407 e. The highest BCUT2D eigenvalue weighted by Gasteiger charge is 2.53. The van der Waals surface area contributed by atoms with E-state index in [0.717, 1.165) is 49.9 Å². The average Bonchev–Trinajstić information content (AvgIpc) is 3.50. The van der Waals surface area contributed by atoms with Crippen LogP contribution in [0, 0.1) is 0 Å². The van der Waals surface area contributed by atoms with Crippen LogP contribution in [0.25, 0.3) is 11.1 Å². The predicted molar refractivity (Wildman–Crippen MR) is 215 cm³/mol. The Morgan fingerprint density at radius 3 is 1.79 bits per heavy atom. The van der Waals surface area contributed by atoms with Gasteiger partial charge in [0, 0.05) is 45.7 Å². The van der Waals surface area contributed by atoms with Crippen LogP contribution in [0.1, 0.15) is 78.4 Å². The summed E-state index contributed by atoms with van der Waals surface area (Å²) in [6, 6.07) is 20.3. The van der Waals surface area contributed by atoms with Crippen molar-refractivity contribution in [3.63, 3.8) is 0 Å². The molecule has 61 heavy (non-hydrogen) atoms. The second-order valence-electron chi connectivity index (χ2n) is 15.3. The third-order valence-electron chi connectivity index (χ3n) is 9.33. The summed E-state index contributed by atoms with van der Waals surface area (Å²) in [5.41, 5.74) is 3.62. The molecule has 3 aromatic carbocycles. The molecule has 326 valence electrons. The molecule has 0 radical (unpaired) electrons. The summed E-state index contributed by atoms with van der Waals surface area (Å²) in [5, 5.41) is 5.33. The van der Waals surface area contributed by atoms with Crippen molar-refractivity contribution in [1.82, 2.24) is 5.32 Å². The highest BCUT2D eigenvalue weighted by atomic mass is 16.7. The van der Waals surface area contributed by atoms with E-state index >= 15 is 0 Å². The third kappa shape index (κ3) is 12.8. The fourth-order valence-electron chi connectivity index (χ4n) is 6.97. The number of ether oxygens (including phenoxy) is 8. The maximum absolute atomic E-state index is 13.7. The molecule has 1 heterocycles. The van der Waals surface area contributed by atoms with Crippen LogP contribution in [-0.2, 0) is 61.9 Å². The highest BCUT2D eigenvalue weighted by Crippen LogP contribution is 2.44. The third-order valence-corrected chi connectivity index (χ3v) is 9.33. The molecule has 1 fully saturated rings. The van der Waals surface area contributed by atoms with Crippen molar-refractivity contribution in [1.29, 1.82) is 0 Å². The van der Waals surface area contributed by atoms with Gasteiger partial charge in [0.15, 0.2) is 12.2 Å². The molecule has 1 aliphatic carbocycles. The van der Waals surface area contributed by atoms with Crippen LogP contribution in [0.3, 0.4) is 0 Å². The minimum Gasteiger partial charge on any atom is -0.463 e. The average molecular weight is 847 g/mol. The van der Waals surface area contributed by atoms with Crippen LogP contribution in [0.15, 0.2) is 72.8 Å². The fraction of sp³-hybridized carbons (Fsp3) is 0.432. The molecular weight excluding hydrogens is 796 g/mol. The van der Waals surface area contributed by atoms with Gasteiger partial charge in [-0.1, -0.05) is 48.5 Å². The monoisotopic (exact) mass is 846 g/mol. The second-order valence-corrected chi connectivity index (χ2v) is 15.3. The molecule has 0 spiro atoms. The molecular formula is C44H50N2O15. The molecule has 2 aliphatic rings. The molecule has 6 atom stereocenters. The molecule has 0 unspecified atom stereocenters. The lowest BCUT2D eigenvalue weighted by molar-refractivity contribution is -0.288. The summed E-state index contributed by atoms with van der Waals surface area (Å²) in [5.74, 6) is -4.39. The van der Waals surface area contributed by atoms with Crippen LogP contribution in [0.5, 0.6) is 5.75 Å². The lowest BCUT2D eigenvalue weighted by Crippen LogP contribution is -2.63. The Hall–Kier alpha value is -6.49. The van der Waals surface area contributed by atoms with Gasteiger partial charge < -0.3 is 48.5 Å². The number of hydrogen-bond acceptors (Lipinski definition) is 15. The van der Waals surface area contributed by atoms with Crippen LogP contribution in [0.2, 0.25) is 0 Å². The summed E-state index contributed by atoms with van der Waals surface area (Å²) in [7, 11) is 0. The Labute approximate surface area is 352 Å². The lowest BCUT2D eigenvalue weighted by Gasteiger charge is -2.43. The standard InChI is InChI=1S/C44H50N2O15/c1-24(47)54-23-36-38(56-25(2)48)39(57-26(3)49)40(58-27(4)50)42(60-36)59-29-18-16-28(17-19-29)45-41(52)35(20-21-37(51)61-44(5,6)7)46-43(53)55-22-34-32-14-10-8-12-30(32)31-13-9-11-15-33(31)34/h8-19,34-36,38-40,42H,20-23H2,1-7H3,(H,45,52)(H,46,53)/t35-,36+,38+,39-,40+,42+/m0/s1. The SMILES string of the molecule is CC(=O)OC[C@H]1O[C@@H](Oc2ccc(NC(=O)[C@H](CCC(=O)OC(C)(C)C)NC(=O)OCC3c4ccccc4-c4ccccc43)cc2)[C@H](OC(C)=O)[C@@H](OC(C)=O)[C@@H]1OC(C)=O. The Bertz CT molecular complexity index is 2050. The molecule has 1 aliphatic heterocycles. The van der Waals surface area contributed by atoms with Crippen molar-refractivity contribution >= 4 is 47.5 Å². The Balaban J connectivity index is 1.30. The van der Waals surface area contributed by atoms with Crippen molar-refractivity contribution in [3.8, 4) is 16.9 Å². The molecule has 0 bridgehead atoms. The second kappa shape index (κ2) is 20.2. The minimum absolute atomic E-state index is 0.00127. The van der Waals surface area contributed by atoms with Gasteiger partial charge in [-0.25, -0.2) is 4.79 Å². The summed E-state index contributed by atoms with van der Waals surface area (Å²) in [6.45, 7) is 9.18. The summed E-state index contributed by atoms with van der Waals surface area (Å²) < 4.78 is 44.6. The largest absolute Gasteiger partial charge is 0.463 e. The first-order chi connectivity index (χ1) is 28.9. The van der Waals surface area contributed by atoms with E-state index in [4.69, 9.17) is 37.9 Å².